The van der Waals surface area contributed by atoms with Crippen molar-refractivity contribution >= 4 is 17.7 Å². The van der Waals surface area contributed by atoms with Crippen LogP contribution in [0.25, 0.3) is 22.3 Å². The lowest BCUT2D eigenvalue weighted by Gasteiger charge is -2.15. The minimum absolute atomic E-state index is 0.0388. The van der Waals surface area contributed by atoms with Crippen LogP contribution in [-0.4, -0.2) is 31.2 Å². The molecule has 33 heavy (non-hydrogen) atoms. The van der Waals surface area contributed by atoms with Gasteiger partial charge < -0.3 is 10.1 Å². The number of halogens is 2. The van der Waals surface area contributed by atoms with Gasteiger partial charge in [-0.3, -0.25) is 9.69 Å². The number of cyclic esters (lactones) is 1. The van der Waals surface area contributed by atoms with E-state index >= 15 is 8.78 Å². The van der Waals surface area contributed by atoms with E-state index < -0.39 is 23.8 Å². The van der Waals surface area contributed by atoms with Crippen molar-refractivity contribution in [2.24, 2.45) is 0 Å². The van der Waals surface area contributed by atoms with E-state index in [0.29, 0.717) is 11.1 Å². The molecule has 1 N–H and O–H groups in total. The maximum Gasteiger partial charge on any atom is 0.414 e. The standard InChI is InChI=1S/C25H19F2N3O3/c1-15(31)29-13-19-14-30(25(32)33-19)18-8-9-21(23(26)11-18)22-7-3-6-20(24(22)27)17-5-2-4-16(10-17)12-28/h2-11,19H,13-14H2,1H3,(H,29,31)/t19-/m0/s1. The zero-order valence-electron chi connectivity index (χ0n) is 17.6. The first kappa shape index (κ1) is 22.0. The molecule has 3 aromatic rings. The first-order valence-corrected chi connectivity index (χ1v) is 10.2. The summed E-state index contributed by atoms with van der Waals surface area (Å²) in [5.74, 6) is -1.56. The third kappa shape index (κ3) is 4.53. The van der Waals surface area contributed by atoms with Gasteiger partial charge in [-0.25, -0.2) is 13.6 Å². The summed E-state index contributed by atoms with van der Waals surface area (Å²) in [6.07, 6.45) is -1.20. The van der Waals surface area contributed by atoms with Crippen molar-refractivity contribution in [3.63, 3.8) is 0 Å². The lowest BCUT2D eigenvalue weighted by Crippen LogP contribution is -2.33. The van der Waals surface area contributed by atoms with Gasteiger partial charge in [0.1, 0.15) is 17.7 Å². The molecule has 0 aromatic heterocycles. The van der Waals surface area contributed by atoms with Crippen molar-refractivity contribution in [2.45, 2.75) is 13.0 Å². The van der Waals surface area contributed by atoms with Gasteiger partial charge in [-0.1, -0.05) is 30.3 Å². The van der Waals surface area contributed by atoms with Gasteiger partial charge in [0.15, 0.2) is 0 Å². The molecule has 1 heterocycles. The monoisotopic (exact) mass is 447 g/mol. The molecule has 8 heteroatoms. The van der Waals surface area contributed by atoms with Crippen LogP contribution in [0.4, 0.5) is 19.3 Å². The van der Waals surface area contributed by atoms with Crippen LogP contribution in [0, 0.1) is 23.0 Å². The molecule has 4 rings (SSSR count). The van der Waals surface area contributed by atoms with E-state index in [-0.39, 0.29) is 41.4 Å². The number of nitriles is 1. The molecule has 1 saturated heterocycles. The van der Waals surface area contributed by atoms with Crippen LogP contribution in [0.3, 0.4) is 0 Å². The Morgan fingerprint density at radius 3 is 2.61 bits per heavy atom. The van der Waals surface area contributed by atoms with Gasteiger partial charge in [0.05, 0.1) is 30.4 Å². The summed E-state index contributed by atoms with van der Waals surface area (Å²) < 4.78 is 35.6. The predicted molar refractivity (Wildman–Crippen MR) is 118 cm³/mol. The molecule has 1 fully saturated rings. The SMILES string of the molecule is CC(=O)NC[C@H]1CN(c2ccc(-c3cccc(-c4cccc(C#N)c4)c3F)c(F)c2)C(=O)O1. The molecule has 1 aliphatic heterocycles. The molecule has 1 atom stereocenters. The van der Waals surface area contributed by atoms with Crippen molar-refractivity contribution < 1.29 is 23.1 Å². The van der Waals surface area contributed by atoms with Crippen molar-refractivity contribution in [1.82, 2.24) is 5.32 Å². The van der Waals surface area contributed by atoms with Crippen molar-refractivity contribution in [1.29, 1.82) is 5.26 Å². The Bertz CT molecular complexity index is 1290. The Kier molecular flexibility index (Phi) is 6.05. The van der Waals surface area contributed by atoms with Crippen LogP contribution < -0.4 is 10.2 Å². The van der Waals surface area contributed by atoms with Crippen LogP contribution in [0.5, 0.6) is 0 Å². The van der Waals surface area contributed by atoms with Gasteiger partial charge in [-0.15, -0.1) is 0 Å². The van der Waals surface area contributed by atoms with Crippen LogP contribution in [0.15, 0.2) is 60.7 Å². The number of hydrogen-bond acceptors (Lipinski definition) is 4. The summed E-state index contributed by atoms with van der Waals surface area (Å²) in [6, 6.07) is 17.3. The van der Waals surface area contributed by atoms with E-state index in [0.717, 1.165) is 6.07 Å². The topological polar surface area (TPSA) is 82.4 Å². The number of nitrogens with zero attached hydrogens (tertiary/aromatic N) is 2. The molecule has 6 nitrogen and oxygen atoms in total. The molecule has 166 valence electrons. The minimum atomic E-state index is -0.701. The lowest BCUT2D eigenvalue weighted by molar-refractivity contribution is -0.119. The minimum Gasteiger partial charge on any atom is -0.442 e. The third-order valence-corrected chi connectivity index (χ3v) is 5.31. The van der Waals surface area contributed by atoms with E-state index in [1.54, 1.807) is 36.4 Å². The summed E-state index contributed by atoms with van der Waals surface area (Å²) in [7, 11) is 0. The smallest absolute Gasteiger partial charge is 0.414 e. The highest BCUT2D eigenvalue weighted by atomic mass is 19.1. The van der Waals surface area contributed by atoms with Gasteiger partial charge in [-0.2, -0.15) is 5.26 Å². The van der Waals surface area contributed by atoms with Crippen LogP contribution in [-0.2, 0) is 9.53 Å². The Hall–Kier alpha value is -4.25. The summed E-state index contributed by atoms with van der Waals surface area (Å²) in [5, 5.41) is 11.7. The fraction of sp³-hybridized carbons (Fsp3) is 0.160. The molecule has 0 bridgehead atoms. The number of benzene rings is 3. The molecular formula is C25H19F2N3O3. The summed E-state index contributed by atoms with van der Waals surface area (Å²) >= 11 is 0. The fourth-order valence-corrected chi connectivity index (χ4v) is 3.71. The number of rotatable bonds is 5. The van der Waals surface area contributed by atoms with Gasteiger partial charge in [-0.05, 0) is 35.9 Å². The van der Waals surface area contributed by atoms with Gasteiger partial charge >= 0.3 is 6.09 Å². The average Bonchev–Trinajstić information content (AvgIpc) is 3.18. The van der Waals surface area contributed by atoms with Crippen molar-refractivity contribution in [3.8, 4) is 28.3 Å². The number of ether oxygens (including phenoxy) is 1. The number of carbonyl (C=O) groups is 2. The second-order valence-electron chi connectivity index (χ2n) is 7.58. The number of hydrogen-bond donors (Lipinski definition) is 1. The number of anilines is 1. The van der Waals surface area contributed by atoms with Crippen LogP contribution in [0.1, 0.15) is 12.5 Å². The van der Waals surface area contributed by atoms with Crippen LogP contribution in [0.2, 0.25) is 0 Å². The van der Waals surface area contributed by atoms with Crippen molar-refractivity contribution in [3.05, 3.63) is 77.9 Å². The molecule has 2 amide bonds. The Morgan fingerprint density at radius 2 is 1.88 bits per heavy atom. The molecule has 3 aromatic carbocycles. The highest BCUT2D eigenvalue weighted by Crippen LogP contribution is 2.34. The highest BCUT2D eigenvalue weighted by Gasteiger charge is 2.32. The zero-order valence-corrected chi connectivity index (χ0v) is 17.6. The second-order valence-corrected chi connectivity index (χ2v) is 7.58. The summed E-state index contributed by atoms with van der Waals surface area (Å²) in [4.78, 5) is 24.5. The lowest BCUT2D eigenvalue weighted by atomic mass is 9.96. The maximum atomic E-state index is 15.4. The molecule has 0 spiro atoms. The Labute approximate surface area is 189 Å². The first-order chi connectivity index (χ1) is 15.9. The van der Waals surface area contributed by atoms with E-state index in [1.165, 1.54) is 30.0 Å². The van der Waals surface area contributed by atoms with Crippen molar-refractivity contribution in [2.75, 3.05) is 18.0 Å². The average molecular weight is 447 g/mol. The molecule has 0 radical (unpaired) electrons. The molecule has 0 aliphatic carbocycles. The number of nitrogens with one attached hydrogen (secondary N) is 1. The first-order valence-electron chi connectivity index (χ1n) is 10.2. The normalized spacial score (nSPS) is 15.2. The number of carbonyl (C=O) groups excluding carboxylic acids is 2. The van der Waals surface area contributed by atoms with E-state index in [9.17, 15) is 9.59 Å². The van der Waals surface area contributed by atoms with Crippen LogP contribution >= 0.6 is 0 Å². The summed E-state index contributed by atoms with van der Waals surface area (Å²) in [6.45, 7) is 1.66. The molecule has 0 saturated carbocycles. The Balaban J connectivity index is 1.62. The number of amides is 2. The highest BCUT2D eigenvalue weighted by molar-refractivity contribution is 5.90. The predicted octanol–water partition coefficient (Wildman–Crippen LogP) is 4.63. The fourth-order valence-electron chi connectivity index (χ4n) is 3.71. The molecule has 1 aliphatic rings. The van der Waals surface area contributed by atoms with E-state index in [1.807, 2.05) is 6.07 Å². The Morgan fingerprint density at radius 1 is 1.12 bits per heavy atom. The van der Waals surface area contributed by atoms with Gasteiger partial charge in [0.2, 0.25) is 5.91 Å². The van der Waals surface area contributed by atoms with Gasteiger partial charge in [0, 0.05) is 23.6 Å². The summed E-state index contributed by atoms with van der Waals surface area (Å²) in [5.41, 5.74) is 1.52. The third-order valence-electron chi connectivity index (χ3n) is 5.31. The largest absolute Gasteiger partial charge is 0.442 e. The van der Waals surface area contributed by atoms with E-state index in [2.05, 4.69) is 5.32 Å². The van der Waals surface area contributed by atoms with Gasteiger partial charge in [0.25, 0.3) is 0 Å². The quantitative estimate of drug-likeness (QED) is 0.618. The van der Waals surface area contributed by atoms with E-state index in [4.69, 9.17) is 10.00 Å². The maximum absolute atomic E-state index is 15.4. The second kappa shape index (κ2) is 9.09. The zero-order chi connectivity index (χ0) is 23.5. The molecular weight excluding hydrogens is 428 g/mol. The molecule has 0 unspecified atom stereocenters.